The van der Waals surface area contributed by atoms with Gasteiger partial charge >= 0.3 is 0 Å². The highest BCUT2D eigenvalue weighted by Gasteiger charge is 2.12. The minimum Gasteiger partial charge on any atom is -0.352 e. The van der Waals surface area contributed by atoms with E-state index < -0.39 is 9.84 Å². The van der Waals surface area contributed by atoms with Crippen LogP contribution >= 0.6 is 0 Å². The number of rotatable bonds is 6. The molecule has 0 radical (unpaired) electrons. The second-order valence-corrected chi connectivity index (χ2v) is 7.77. The fraction of sp³-hybridized carbons (Fsp3) is 0.222. The first-order valence-corrected chi connectivity index (χ1v) is 9.44. The Morgan fingerprint density at radius 1 is 0.960 bits per heavy atom. The quantitative estimate of drug-likeness (QED) is 0.827. The molecule has 0 unspecified atom stereocenters. The summed E-state index contributed by atoms with van der Waals surface area (Å²) in [6.45, 7) is 3.43. The highest BCUT2D eigenvalue weighted by atomic mass is 32.2. The smallest absolute Gasteiger partial charge is 0.255 e. The molecule has 0 fully saturated rings. The summed E-state index contributed by atoms with van der Waals surface area (Å²) in [7, 11) is -3.25. The molecule has 0 spiro atoms. The van der Waals surface area contributed by atoms with E-state index in [2.05, 4.69) is 10.6 Å². The van der Waals surface area contributed by atoms with Crippen molar-refractivity contribution in [3.05, 3.63) is 59.7 Å². The average Bonchev–Trinajstić information content (AvgIpc) is 2.60. The molecule has 0 aliphatic rings. The van der Waals surface area contributed by atoms with Gasteiger partial charge in [-0.15, -0.1) is 0 Å². The second-order valence-electron chi connectivity index (χ2n) is 5.49. The Morgan fingerprint density at radius 3 is 2.08 bits per heavy atom. The molecule has 2 rings (SSSR count). The molecule has 132 valence electrons. The molecule has 0 saturated heterocycles. The summed E-state index contributed by atoms with van der Waals surface area (Å²) in [4.78, 5) is 23.3. The van der Waals surface area contributed by atoms with Gasteiger partial charge in [0.25, 0.3) is 5.91 Å². The molecule has 0 aliphatic heterocycles. The van der Waals surface area contributed by atoms with Crippen LogP contribution in [0.5, 0.6) is 0 Å². The number of nitrogens with one attached hydrogen (secondary N) is 2. The van der Waals surface area contributed by atoms with Gasteiger partial charge < -0.3 is 10.6 Å². The van der Waals surface area contributed by atoms with E-state index in [0.717, 1.165) is 5.56 Å². The molecule has 0 saturated carbocycles. The van der Waals surface area contributed by atoms with Gasteiger partial charge in [-0.1, -0.05) is 19.1 Å². The molecule has 0 bridgehead atoms. The second kappa shape index (κ2) is 7.94. The number of benzene rings is 2. The van der Waals surface area contributed by atoms with E-state index in [1.54, 1.807) is 43.3 Å². The lowest BCUT2D eigenvalue weighted by molar-refractivity contribution is -0.119. The molecule has 6 nitrogen and oxygen atoms in total. The zero-order chi connectivity index (χ0) is 18.4. The SMILES string of the molecule is CCS(=O)(=O)c1ccc(NC(=O)c2ccc(CNC(C)=O)cc2)cc1. The van der Waals surface area contributed by atoms with Gasteiger partial charge in [0.1, 0.15) is 0 Å². The molecule has 2 aromatic rings. The predicted molar refractivity (Wildman–Crippen MR) is 96.1 cm³/mol. The summed E-state index contributed by atoms with van der Waals surface area (Å²) in [6, 6.07) is 12.9. The van der Waals surface area contributed by atoms with Crippen LogP contribution in [0.4, 0.5) is 5.69 Å². The van der Waals surface area contributed by atoms with Crippen molar-refractivity contribution in [1.82, 2.24) is 5.32 Å². The molecule has 0 heterocycles. The maximum Gasteiger partial charge on any atom is 0.255 e. The highest BCUT2D eigenvalue weighted by molar-refractivity contribution is 7.91. The van der Waals surface area contributed by atoms with Gasteiger partial charge in [-0.3, -0.25) is 9.59 Å². The van der Waals surface area contributed by atoms with E-state index >= 15 is 0 Å². The first-order valence-electron chi connectivity index (χ1n) is 7.79. The molecule has 2 N–H and O–H groups in total. The minimum atomic E-state index is -3.25. The molecule has 2 amide bonds. The molecule has 0 atom stereocenters. The van der Waals surface area contributed by atoms with Crippen molar-refractivity contribution >= 4 is 27.3 Å². The molecule has 0 aromatic heterocycles. The minimum absolute atomic E-state index is 0.0313. The Morgan fingerprint density at radius 2 is 1.56 bits per heavy atom. The lowest BCUT2D eigenvalue weighted by Gasteiger charge is -2.08. The van der Waals surface area contributed by atoms with Gasteiger partial charge in [0, 0.05) is 24.7 Å². The fourth-order valence-corrected chi connectivity index (χ4v) is 3.00. The average molecular weight is 360 g/mol. The summed E-state index contributed by atoms with van der Waals surface area (Å²) in [6.07, 6.45) is 0. The van der Waals surface area contributed by atoms with Gasteiger partial charge in [-0.05, 0) is 42.0 Å². The zero-order valence-corrected chi connectivity index (χ0v) is 14.9. The number of anilines is 1. The van der Waals surface area contributed by atoms with Crippen molar-refractivity contribution in [1.29, 1.82) is 0 Å². The number of carbonyl (C=O) groups is 2. The first-order chi connectivity index (χ1) is 11.8. The van der Waals surface area contributed by atoms with Crippen molar-refractivity contribution in [3.8, 4) is 0 Å². The summed E-state index contributed by atoms with van der Waals surface area (Å²) in [5.41, 5.74) is 1.88. The summed E-state index contributed by atoms with van der Waals surface area (Å²) in [5, 5.41) is 5.41. The zero-order valence-electron chi connectivity index (χ0n) is 14.1. The summed E-state index contributed by atoms with van der Waals surface area (Å²) in [5.74, 6) is -0.378. The van der Waals surface area contributed by atoms with Crippen LogP contribution in [-0.2, 0) is 21.2 Å². The maximum atomic E-state index is 12.2. The van der Waals surface area contributed by atoms with Crippen molar-refractivity contribution in [2.75, 3.05) is 11.1 Å². The van der Waals surface area contributed by atoms with Crippen molar-refractivity contribution in [3.63, 3.8) is 0 Å². The lowest BCUT2D eigenvalue weighted by atomic mass is 10.1. The van der Waals surface area contributed by atoms with E-state index in [9.17, 15) is 18.0 Å². The first kappa shape index (κ1) is 18.7. The van der Waals surface area contributed by atoms with E-state index in [1.165, 1.54) is 19.1 Å². The largest absolute Gasteiger partial charge is 0.352 e. The standard InChI is InChI=1S/C18H20N2O4S/c1-3-25(23,24)17-10-8-16(9-11-17)20-18(22)15-6-4-14(5-7-15)12-19-13(2)21/h4-11H,3,12H2,1-2H3,(H,19,21)(H,20,22). The van der Waals surface area contributed by atoms with Crippen LogP contribution in [0.15, 0.2) is 53.4 Å². The fourth-order valence-electron chi connectivity index (χ4n) is 2.12. The van der Waals surface area contributed by atoms with Crippen LogP contribution < -0.4 is 10.6 Å². The number of sulfone groups is 1. The number of hydrogen-bond donors (Lipinski definition) is 2. The van der Waals surface area contributed by atoms with E-state index in [-0.39, 0.29) is 22.5 Å². The van der Waals surface area contributed by atoms with E-state index in [0.29, 0.717) is 17.8 Å². The van der Waals surface area contributed by atoms with Crippen LogP contribution in [0, 0.1) is 0 Å². The molecular weight excluding hydrogens is 340 g/mol. The highest BCUT2D eigenvalue weighted by Crippen LogP contribution is 2.16. The lowest BCUT2D eigenvalue weighted by Crippen LogP contribution is -2.19. The third kappa shape index (κ3) is 5.15. The molecule has 2 aromatic carbocycles. The topological polar surface area (TPSA) is 92.3 Å². The van der Waals surface area contributed by atoms with Gasteiger partial charge in [-0.25, -0.2) is 8.42 Å². The number of hydrogen-bond acceptors (Lipinski definition) is 4. The van der Waals surface area contributed by atoms with Crippen LogP contribution in [0.25, 0.3) is 0 Å². The van der Waals surface area contributed by atoms with Crippen LogP contribution in [0.3, 0.4) is 0 Å². The van der Waals surface area contributed by atoms with Gasteiger partial charge in [0.05, 0.1) is 10.6 Å². The number of amides is 2. The van der Waals surface area contributed by atoms with Crippen LogP contribution in [0.1, 0.15) is 29.8 Å². The molecule has 25 heavy (non-hydrogen) atoms. The third-order valence-corrected chi connectivity index (χ3v) is 5.36. The van der Waals surface area contributed by atoms with Crippen LogP contribution in [0.2, 0.25) is 0 Å². The normalized spacial score (nSPS) is 11.0. The Hall–Kier alpha value is -2.67. The summed E-state index contributed by atoms with van der Waals surface area (Å²) < 4.78 is 23.5. The van der Waals surface area contributed by atoms with Crippen molar-refractivity contribution < 1.29 is 18.0 Å². The summed E-state index contributed by atoms with van der Waals surface area (Å²) >= 11 is 0. The Bertz CT molecular complexity index is 857. The van der Waals surface area contributed by atoms with Gasteiger partial charge in [-0.2, -0.15) is 0 Å². The van der Waals surface area contributed by atoms with Gasteiger partial charge in [0.15, 0.2) is 9.84 Å². The Labute approximate surface area is 147 Å². The predicted octanol–water partition coefficient (Wildman–Crippen LogP) is 2.37. The molecule has 7 heteroatoms. The Kier molecular flexibility index (Phi) is 5.93. The third-order valence-electron chi connectivity index (χ3n) is 3.61. The monoisotopic (exact) mass is 360 g/mol. The van der Waals surface area contributed by atoms with E-state index in [4.69, 9.17) is 0 Å². The van der Waals surface area contributed by atoms with Crippen LogP contribution in [-0.4, -0.2) is 26.0 Å². The molecular formula is C18H20N2O4S. The molecule has 0 aliphatic carbocycles. The van der Waals surface area contributed by atoms with E-state index in [1.807, 2.05) is 0 Å². The van der Waals surface area contributed by atoms with Crippen molar-refractivity contribution in [2.24, 2.45) is 0 Å². The maximum absolute atomic E-state index is 12.2. The van der Waals surface area contributed by atoms with Crippen molar-refractivity contribution in [2.45, 2.75) is 25.3 Å². The number of carbonyl (C=O) groups excluding carboxylic acids is 2. The van der Waals surface area contributed by atoms with Gasteiger partial charge in [0.2, 0.25) is 5.91 Å². The Balaban J connectivity index is 2.03.